The number of halogens is 2. The van der Waals surface area contributed by atoms with Crippen molar-refractivity contribution in [3.63, 3.8) is 0 Å². The molecule has 0 radical (unpaired) electrons. The first-order chi connectivity index (χ1) is 16.3. The molecular weight excluding hydrogens is 510 g/mol. The number of likely N-dealkylation sites (tertiary alicyclic amines) is 1. The molecule has 0 aromatic carbocycles. The van der Waals surface area contributed by atoms with Gasteiger partial charge in [0.2, 0.25) is 0 Å². The summed E-state index contributed by atoms with van der Waals surface area (Å²) in [7, 11) is 0. The Labute approximate surface area is 221 Å². The van der Waals surface area contributed by atoms with E-state index in [0.717, 1.165) is 52.7 Å². The van der Waals surface area contributed by atoms with E-state index in [1.54, 1.807) is 6.20 Å². The highest BCUT2D eigenvalue weighted by Gasteiger charge is 2.21. The number of hydrogen-bond donors (Lipinski definition) is 1. The van der Waals surface area contributed by atoms with Gasteiger partial charge in [-0.05, 0) is 98.8 Å². The van der Waals surface area contributed by atoms with Crippen LogP contribution in [0.2, 0.25) is 0 Å². The minimum atomic E-state index is 0.617. The Bertz CT molecular complexity index is 825. The summed E-state index contributed by atoms with van der Waals surface area (Å²) in [5.41, 5.74) is 1.12. The van der Waals surface area contributed by atoms with Gasteiger partial charge in [-0.15, -0.1) is 0 Å². The molecule has 192 valence electrons. The van der Waals surface area contributed by atoms with E-state index in [0.29, 0.717) is 11.7 Å². The van der Waals surface area contributed by atoms with Gasteiger partial charge in [0, 0.05) is 18.1 Å². The summed E-state index contributed by atoms with van der Waals surface area (Å²) in [5, 5.41) is 8.97. The zero-order valence-corrected chi connectivity index (χ0v) is 24.4. The molecule has 1 aliphatic rings. The smallest absolute Gasteiger partial charge is 0.171 e. The molecule has 0 bridgehead atoms. The lowest BCUT2D eigenvalue weighted by molar-refractivity contribution is 0.167. The molecule has 1 aromatic heterocycles. The standard InChI is InChI=1S/C25H39BrClN5.C2H6/c1-6-7-10-23(27)20(4)11-12-24(32-25(28-5)22(26)17-30-32)29-16-21-9-8-14-31(18-21)15-13-19(2)3;1-2/h7,10,12,17,19,21,29H,5-6,8-9,11,13-16,18H2,1-4H3;1-2H3/b10-7-,23-20-,24-12-;. The van der Waals surface area contributed by atoms with Crippen LogP contribution < -0.4 is 5.32 Å². The number of hydrogen-bond acceptors (Lipinski definition) is 4. The number of piperidine rings is 1. The second kappa shape index (κ2) is 17.1. The maximum atomic E-state index is 6.45. The zero-order chi connectivity index (χ0) is 25.5. The van der Waals surface area contributed by atoms with E-state index in [2.05, 4.69) is 82.8 Å². The highest BCUT2D eigenvalue weighted by atomic mass is 79.9. The van der Waals surface area contributed by atoms with Crippen LogP contribution in [0.3, 0.4) is 0 Å². The van der Waals surface area contributed by atoms with Gasteiger partial charge >= 0.3 is 0 Å². The Morgan fingerprint density at radius 2 is 2.15 bits per heavy atom. The first kappa shape index (κ1) is 30.7. The van der Waals surface area contributed by atoms with Crippen LogP contribution >= 0.6 is 27.5 Å². The third-order valence-electron chi connectivity index (χ3n) is 5.79. The van der Waals surface area contributed by atoms with Gasteiger partial charge < -0.3 is 10.2 Å². The van der Waals surface area contributed by atoms with Crippen LogP contribution in [0.5, 0.6) is 0 Å². The number of aliphatic imine (C=N–C) groups is 1. The summed E-state index contributed by atoms with van der Waals surface area (Å²) >= 11 is 9.97. The summed E-state index contributed by atoms with van der Waals surface area (Å²) in [6, 6.07) is 0. The van der Waals surface area contributed by atoms with Gasteiger partial charge in [-0.3, -0.25) is 0 Å². The molecule has 0 amide bonds. The van der Waals surface area contributed by atoms with E-state index >= 15 is 0 Å². The molecule has 1 atom stereocenters. The highest BCUT2D eigenvalue weighted by molar-refractivity contribution is 9.10. The Kier molecular flexibility index (Phi) is 15.4. The Balaban J connectivity index is 0.00000281. The second-order valence-electron chi connectivity index (χ2n) is 8.99. The Morgan fingerprint density at radius 1 is 1.41 bits per heavy atom. The first-order valence-electron chi connectivity index (χ1n) is 12.7. The van der Waals surface area contributed by atoms with Crippen LogP contribution in [0.4, 0.5) is 5.82 Å². The summed E-state index contributed by atoms with van der Waals surface area (Å²) in [4.78, 5) is 6.78. The maximum absolute atomic E-state index is 6.45. The summed E-state index contributed by atoms with van der Waals surface area (Å²) in [5.74, 6) is 2.98. The van der Waals surface area contributed by atoms with Crippen molar-refractivity contribution >= 4 is 45.9 Å². The molecule has 1 aliphatic heterocycles. The topological polar surface area (TPSA) is 45.5 Å². The van der Waals surface area contributed by atoms with E-state index in [9.17, 15) is 0 Å². The predicted octanol–water partition coefficient (Wildman–Crippen LogP) is 8.02. The quantitative estimate of drug-likeness (QED) is 0.210. The summed E-state index contributed by atoms with van der Waals surface area (Å²) < 4.78 is 2.65. The SMILES string of the molecule is C=Nc1c(Br)cnn1/C(=C\C/C(C)=C(Cl)/C=C\CC)NCC1CCCN(CCC(C)C)C1.CC. The summed E-state index contributed by atoms with van der Waals surface area (Å²) in [6.45, 7) is 21.0. The Morgan fingerprint density at radius 3 is 2.79 bits per heavy atom. The third-order valence-corrected chi connectivity index (χ3v) is 6.79. The molecule has 34 heavy (non-hydrogen) atoms. The molecular formula is C27H45BrClN5. The van der Waals surface area contributed by atoms with Crippen LogP contribution in [0.15, 0.2) is 44.5 Å². The lowest BCUT2D eigenvalue weighted by Crippen LogP contribution is -2.40. The minimum Gasteiger partial charge on any atom is -0.370 e. The number of nitrogens with one attached hydrogen (secondary N) is 1. The second-order valence-corrected chi connectivity index (χ2v) is 10.3. The number of nitrogens with zero attached hydrogens (tertiary/aromatic N) is 4. The van der Waals surface area contributed by atoms with Crippen molar-refractivity contribution in [3.05, 3.63) is 39.5 Å². The number of aromatic nitrogens is 2. The van der Waals surface area contributed by atoms with Crippen molar-refractivity contribution in [3.8, 4) is 0 Å². The normalized spacial score (nSPS) is 18.0. The van der Waals surface area contributed by atoms with E-state index in [-0.39, 0.29) is 0 Å². The lowest BCUT2D eigenvalue weighted by Gasteiger charge is -2.33. The van der Waals surface area contributed by atoms with Crippen LogP contribution in [-0.4, -0.2) is 47.6 Å². The average Bonchev–Trinajstić information content (AvgIpc) is 3.22. The molecule has 5 nitrogen and oxygen atoms in total. The minimum absolute atomic E-state index is 0.617. The monoisotopic (exact) mass is 553 g/mol. The Hall–Kier alpha value is -1.37. The van der Waals surface area contributed by atoms with E-state index < -0.39 is 0 Å². The molecule has 1 unspecified atom stereocenters. The summed E-state index contributed by atoms with van der Waals surface area (Å²) in [6.07, 6.45) is 13.4. The maximum Gasteiger partial charge on any atom is 0.171 e. The number of rotatable bonds is 12. The van der Waals surface area contributed by atoms with Crippen LogP contribution in [-0.2, 0) is 0 Å². The van der Waals surface area contributed by atoms with Crippen molar-refractivity contribution in [1.29, 1.82) is 0 Å². The van der Waals surface area contributed by atoms with E-state index in [1.165, 1.54) is 32.4 Å². The molecule has 1 saturated heterocycles. The fourth-order valence-electron chi connectivity index (χ4n) is 3.80. The molecule has 0 spiro atoms. The van der Waals surface area contributed by atoms with E-state index in [1.807, 2.05) is 24.6 Å². The number of allylic oxidation sites excluding steroid dienone is 5. The average molecular weight is 555 g/mol. The van der Waals surface area contributed by atoms with E-state index in [4.69, 9.17) is 11.6 Å². The van der Waals surface area contributed by atoms with Gasteiger partial charge in [0.1, 0.15) is 5.82 Å². The first-order valence-corrected chi connectivity index (χ1v) is 13.9. The molecule has 2 rings (SSSR count). The van der Waals surface area contributed by atoms with Gasteiger partial charge in [-0.2, -0.15) is 9.78 Å². The van der Waals surface area contributed by atoms with Gasteiger partial charge in [0.15, 0.2) is 5.82 Å². The van der Waals surface area contributed by atoms with Crippen LogP contribution in [0.1, 0.15) is 73.6 Å². The van der Waals surface area contributed by atoms with Crippen molar-refractivity contribution in [2.45, 2.75) is 73.6 Å². The third kappa shape index (κ3) is 10.5. The zero-order valence-electron chi connectivity index (χ0n) is 22.1. The van der Waals surface area contributed by atoms with Gasteiger partial charge in [0.25, 0.3) is 0 Å². The molecule has 2 heterocycles. The molecule has 0 saturated carbocycles. The fraction of sp³-hybridized carbons (Fsp3) is 0.630. The largest absolute Gasteiger partial charge is 0.370 e. The molecule has 1 N–H and O–H groups in total. The highest BCUT2D eigenvalue weighted by Crippen LogP contribution is 2.27. The van der Waals surface area contributed by atoms with Gasteiger partial charge in [0.05, 0.1) is 10.7 Å². The lowest BCUT2D eigenvalue weighted by atomic mass is 9.97. The van der Waals surface area contributed by atoms with Crippen molar-refractivity contribution in [2.75, 3.05) is 26.2 Å². The van der Waals surface area contributed by atoms with Crippen molar-refractivity contribution < 1.29 is 0 Å². The molecule has 0 aliphatic carbocycles. The van der Waals surface area contributed by atoms with Gasteiger partial charge in [-0.25, -0.2) is 4.99 Å². The van der Waals surface area contributed by atoms with Crippen LogP contribution in [0.25, 0.3) is 5.82 Å². The van der Waals surface area contributed by atoms with Crippen molar-refractivity contribution in [2.24, 2.45) is 16.8 Å². The molecule has 1 fully saturated rings. The predicted molar refractivity (Wildman–Crippen MR) is 154 cm³/mol. The molecule has 7 heteroatoms. The van der Waals surface area contributed by atoms with Crippen LogP contribution in [0, 0.1) is 11.8 Å². The van der Waals surface area contributed by atoms with Crippen molar-refractivity contribution in [1.82, 2.24) is 20.0 Å². The van der Waals surface area contributed by atoms with Gasteiger partial charge in [-0.1, -0.05) is 57.9 Å². The molecule has 1 aromatic rings. The fourth-order valence-corrected chi connectivity index (χ4v) is 4.35.